The van der Waals surface area contributed by atoms with Crippen molar-refractivity contribution in [3.8, 4) is 6.07 Å². The minimum Gasteiger partial charge on any atom is -0.386 e. The number of anilines is 1. The first-order valence-corrected chi connectivity index (χ1v) is 7.43. The summed E-state index contributed by atoms with van der Waals surface area (Å²) in [4.78, 5) is 12.1. The molecule has 0 aliphatic rings. The summed E-state index contributed by atoms with van der Waals surface area (Å²) in [7, 11) is 0. The number of halogens is 1. The fraction of sp³-hybridized carbons (Fsp3) is 0.111. The van der Waals surface area contributed by atoms with E-state index < -0.39 is 5.91 Å². The lowest BCUT2D eigenvalue weighted by atomic mass is 10.1. The smallest absolute Gasteiger partial charge is 0.267 e. The fourth-order valence-corrected chi connectivity index (χ4v) is 2.18. The molecule has 4 nitrogen and oxygen atoms in total. The molecule has 2 rings (SSSR count). The van der Waals surface area contributed by atoms with Crippen molar-refractivity contribution in [1.29, 1.82) is 5.26 Å². The molecule has 0 atom stereocenters. The zero-order valence-corrected chi connectivity index (χ0v) is 13.4. The molecule has 0 saturated carbocycles. The normalized spacial score (nSPS) is 10.7. The Hall–Kier alpha value is -2.77. The van der Waals surface area contributed by atoms with Crippen LogP contribution in [0.4, 0.5) is 5.69 Å². The Balaban J connectivity index is 2.00. The standard InChI is InChI=1S/C18H16ClN3O/c1-13-5-4-6-14(9-13)11-21-12-15(10-20)18(23)22-17-8-3-2-7-16(17)19/h2-9,12,21H,11H2,1H3,(H,22,23)/b15-12-. The van der Waals surface area contributed by atoms with Crippen LogP contribution in [0.15, 0.2) is 60.3 Å². The van der Waals surface area contributed by atoms with Crippen molar-refractivity contribution in [3.63, 3.8) is 0 Å². The van der Waals surface area contributed by atoms with Crippen LogP contribution in [-0.2, 0) is 11.3 Å². The van der Waals surface area contributed by atoms with E-state index in [2.05, 4.69) is 10.6 Å². The van der Waals surface area contributed by atoms with E-state index >= 15 is 0 Å². The molecule has 23 heavy (non-hydrogen) atoms. The number of hydrogen-bond donors (Lipinski definition) is 2. The molecule has 0 saturated heterocycles. The summed E-state index contributed by atoms with van der Waals surface area (Å²) < 4.78 is 0. The topological polar surface area (TPSA) is 64.9 Å². The molecule has 5 heteroatoms. The summed E-state index contributed by atoms with van der Waals surface area (Å²) in [5.74, 6) is -0.502. The van der Waals surface area contributed by atoms with E-state index in [1.807, 2.05) is 37.3 Å². The van der Waals surface area contributed by atoms with Gasteiger partial charge in [0.1, 0.15) is 11.6 Å². The highest BCUT2D eigenvalue weighted by Crippen LogP contribution is 2.20. The number of benzene rings is 2. The van der Waals surface area contributed by atoms with Crippen LogP contribution in [0.25, 0.3) is 0 Å². The number of nitrogens with zero attached hydrogens (tertiary/aromatic N) is 1. The molecule has 0 aromatic heterocycles. The van der Waals surface area contributed by atoms with Crippen LogP contribution in [-0.4, -0.2) is 5.91 Å². The van der Waals surface area contributed by atoms with Gasteiger partial charge in [-0.05, 0) is 24.6 Å². The monoisotopic (exact) mass is 325 g/mol. The molecule has 0 unspecified atom stereocenters. The number of carbonyl (C=O) groups excluding carboxylic acids is 1. The molecule has 0 aliphatic carbocycles. The number of aryl methyl sites for hydroxylation is 1. The van der Waals surface area contributed by atoms with E-state index in [-0.39, 0.29) is 5.57 Å². The zero-order chi connectivity index (χ0) is 16.7. The Kier molecular flexibility index (Phi) is 5.79. The SMILES string of the molecule is Cc1cccc(CN/C=C(/C#N)C(=O)Nc2ccccc2Cl)c1. The molecule has 2 N–H and O–H groups in total. The van der Waals surface area contributed by atoms with Crippen LogP contribution < -0.4 is 10.6 Å². The van der Waals surface area contributed by atoms with Gasteiger partial charge in [0.05, 0.1) is 10.7 Å². The number of hydrogen-bond acceptors (Lipinski definition) is 3. The summed E-state index contributed by atoms with van der Waals surface area (Å²) in [6.07, 6.45) is 1.41. The van der Waals surface area contributed by atoms with Crippen LogP contribution in [0, 0.1) is 18.3 Å². The van der Waals surface area contributed by atoms with E-state index in [0.29, 0.717) is 17.3 Å². The van der Waals surface area contributed by atoms with Gasteiger partial charge >= 0.3 is 0 Å². The van der Waals surface area contributed by atoms with Gasteiger partial charge in [0.15, 0.2) is 0 Å². The molecule has 116 valence electrons. The zero-order valence-electron chi connectivity index (χ0n) is 12.6. The highest BCUT2D eigenvalue weighted by molar-refractivity contribution is 6.33. The second kappa shape index (κ2) is 8.02. The Morgan fingerprint density at radius 1 is 1.26 bits per heavy atom. The predicted molar refractivity (Wildman–Crippen MR) is 91.8 cm³/mol. The van der Waals surface area contributed by atoms with E-state index in [1.165, 1.54) is 6.20 Å². The average molecular weight is 326 g/mol. The van der Waals surface area contributed by atoms with Crippen LogP contribution in [0.5, 0.6) is 0 Å². The first-order chi connectivity index (χ1) is 11.1. The lowest BCUT2D eigenvalue weighted by Crippen LogP contribution is -2.16. The first kappa shape index (κ1) is 16.6. The number of nitriles is 1. The highest BCUT2D eigenvalue weighted by Gasteiger charge is 2.10. The minimum absolute atomic E-state index is 0.0161. The van der Waals surface area contributed by atoms with Gasteiger partial charge in [-0.1, -0.05) is 53.6 Å². The van der Waals surface area contributed by atoms with Crippen molar-refractivity contribution in [2.75, 3.05) is 5.32 Å². The Morgan fingerprint density at radius 3 is 2.74 bits per heavy atom. The molecule has 2 aromatic rings. The molecule has 1 amide bonds. The lowest BCUT2D eigenvalue weighted by Gasteiger charge is -2.07. The van der Waals surface area contributed by atoms with Gasteiger partial charge in [-0.3, -0.25) is 4.79 Å². The third kappa shape index (κ3) is 4.87. The van der Waals surface area contributed by atoms with Crippen LogP contribution in [0.2, 0.25) is 5.02 Å². The van der Waals surface area contributed by atoms with Gasteiger partial charge in [-0.15, -0.1) is 0 Å². The van der Waals surface area contributed by atoms with Gasteiger partial charge < -0.3 is 10.6 Å². The van der Waals surface area contributed by atoms with Gasteiger partial charge in [-0.2, -0.15) is 5.26 Å². The third-order valence-corrected chi connectivity index (χ3v) is 3.45. The number of nitrogens with one attached hydrogen (secondary N) is 2. The van der Waals surface area contributed by atoms with Crippen molar-refractivity contribution < 1.29 is 4.79 Å². The number of amides is 1. The molecule has 0 radical (unpaired) electrons. The Bertz CT molecular complexity index is 778. The summed E-state index contributed by atoms with van der Waals surface area (Å²) >= 11 is 5.98. The van der Waals surface area contributed by atoms with E-state index in [9.17, 15) is 4.79 Å². The first-order valence-electron chi connectivity index (χ1n) is 7.05. The molecule has 0 aliphatic heterocycles. The van der Waals surface area contributed by atoms with Gasteiger partial charge in [0.2, 0.25) is 0 Å². The van der Waals surface area contributed by atoms with Gasteiger partial charge in [0, 0.05) is 12.7 Å². The molecule has 0 heterocycles. The Morgan fingerprint density at radius 2 is 2.04 bits per heavy atom. The average Bonchev–Trinajstić information content (AvgIpc) is 2.54. The highest BCUT2D eigenvalue weighted by atomic mass is 35.5. The van der Waals surface area contributed by atoms with Crippen molar-refractivity contribution in [2.45, 2.75) is 13.5 Å². The summed E-state index contributed by atoms with van der Waals surface area (Å²) in [5.41, 5.74) is 2.69. The van der Waals surface area contributed by atoms with Gasteiger partial charge in [0.25, 0.3) is 5.91 Å². The predicted octanol–water partition coefficient (Wildman–Crippen LogP) is 3.78. The second-order valence-electron chi connectivity index (χ2n) is 4.97. The lowest BCUT2D eigenvalue weighted by molar-refractivity contribution is -0.112. The minimum atomic E-state index is -0.502. The van der Waals surface area contributed by atoms with Crippen molar-refractivity contribution >= 4 is 23.2 Å². The Labute approximate surface area is 140 Å². The van der Waals surface area contributed by atoms with Crippen LogP contribution in [0.1, 0.15) is 11.1 Å². The molecule has 0 bridgehead atoms. The van der Waals surface area contributed by atoms with E-state index in [1.54, 1.807) is 24.3 Å². The quantitative estimate of drug-likeness (QED) is 0.649. The molecule has 0 spiro atoms. The maximum absolute atomic E-state index is 12.1. The largest absolute Gasteiger partial charge is 0.386 e. The summed E-state index contributed by atoms with van der Waals surface area (Å²) in [5, 5.41) is 15.2. The number of rotatable bonds is 5. The van der Waals surface area contributed by atoms with Crippen LogP contribution >= 0.6 is 11.6 Å². The molecular formula is C18H16ClN3O. The van der Waals surface area contributed by atoms with Crippen molar-refractivity contribution in [1.82, 2.24) is 5.32 Å². The maximum Gasteiger partial charge on any atom is 0.267 e. The summed E-state index contributed by atoms with van der Waals surface area (Å²) in [6, 6.07) is 16.7. The molecular weight excluding hydrogens is 310 g/mol. The van der Waals surface area contributed by atoms with E-state index in [4.69, 9.17) is 16.9 Å². The van der Waals surface area contributed by atoms with E-state index in [0.717, 1.165) is 11.1 Å². The van der Waals surface area contributed by atoms with Crippen molar-refractivity contribution in [2.24, 2.45) is 0 Å². The number of carbonyl (C=O) groups is 1. The van der Waals surface area contributed by atoms with Gasteiger partial charge in [-0.25, -0.2) is 0 Å². The van der Waals surface area contributed by atoms with Crippen molar-refractivity contribution in [3.05, 3.63) is 76.5 Å². The fourth-order valence-electron chi connectivity index (χ4n) is 1.99. The molecule has 2 aromatic carbocycles. The maximum atomic E-state index is 12.1. The second-order valence-corrected chi connectivity index (χ2v) is 5.38. The van der Waals surface area contributed by atoms with Crippen LogP contribution in [0.3, 0.4) is 0 Å². The molecule has 0 fully saturated rings. The number of para-hydroxylation sites is 1. The summed E-state index contributed by atoms with van der Waals surface area (Å²) in [6.45, 7) is 2.54. The third-order valence-electron chi connectivity index (χ3n) is 3.12.